The molecule has 0 unspecified atom stereocenters. The van der Waals surface area contributed by atoms with Crippen LogP contribution < -0.4 is 5.32 Å². The molecular weight excluding hydrogens is 252 g/mol. The standard InChI is InChI=1S/C8H12F4N2O.ClH/c1-5-4-13-2-3-14(5)7(15)8(11,12)6(9)10;/h5-6,13H,2-4H2,1H3;1H/t5-;/m0./s1. The quantitative estimate of drug-likeness (QED) is 0.759. The molecule has 0 saturated carbocycles. The van der Waals surface area contributed by atoms with Gasteiger partial charge in [-0.2, -0.15) is 8.78 Å². The molecule has 1 heterocycles. The van der Waals surface area contributed by atoms with Gasteiger partial charge in [0.1, 0.15) is 0 Å². The first-order valence-electron chi connectivity index (χ1n) is 4.55. The third-order valence-corrected chi connectivity index (χ3v) is 2.32. The molecule has 1 N–H and O–H groups in total. The van der Waals surface area contributed by atoms with E-state index in [0.29, 0.717) is 13.1 Å². The molecule has 1 atom stereocenters. The molecular formula is C8H13ClF4N2O. The minimum absolute atomic E-state index is 0. The summed E-state index contributed by atoms with van der Waals surface area (Å²) < 4.78 is 49.3. The van der Waals surface area contributed by atoms with Gasteiger partial charge < -0.3 is 10.2 Å². The van der Waals surface area contributed by atoms with Crippen LogP contribution in [0.4, 0.5) is 17.6 Å². The summed E-state index contributed by atoms with van der Waals surface area (Å²) in [4.78, 5) is 11.9. The fourth-order valence-electron chi connectivity index (χ4n) is 1.43. The van der Waals surface area contributed by atoms with Crippen LogP contribution in [0.2, 0.25) is 0 Å². The van der Waals surface area contributed by atoms with Gasteiger partial charge in [0.2, 0.25) is 0 Å². The molecule has 1 rings (SSSR count). The van der Waals surface area contributed by atoms with Crippen molar-refractivity contribution in [2.24, 2.45) is 0 Å². The van der Waals surface area contributed by atoms with Crippen LogP contribution in [0.25, 0.3) is 0 Å². The number of rotatable bonds is 2. The predicted molar refractivity (Wildman–Crippen MR) is 52.2 cm³/mol. The number of hydrogen-bond acceptors (Lipinski definition) is 2. The van der Waals surface area contributed by atoms with Gasteiger partial charge in [-0.1, -0.05) is 0 Å². The molecule has 0 radical (unpaired) electrons. The third kappa shape index (κ3) is 2.98. The summed E-state index contributed by atoms with van der Waals surface area (Å²) in [6.07, 6.45) is -3.95. The molecule has 0 bridgehead atoms. The van der Waals surface area contributed by atoms with E-state index in [1.54, 1.807) is 0 Å². The Labute approximate surface area is 96.6 Å². The van der Waals surface area contributed by atoms with Crippen LogP contribution in [0, 0.1) is 0 Å². The number of alkyl halides is 4. The lowest BCUT2D eigenvalue weighted by molar-refractivity contribution is -0.183. The minimum Gasteiger partial charge on any atom is -0.332 e. The van der Waals surface area contributed by atoms with Crippen LogP contribution >= 0.6 is 12.4 Å². The normalized spacial score (nSPS) is 21.9. The van der Waals surface area contributed by atoms with Gasteiger partial charge in [0, 0.05) is 25.7 Å². The molecule has 16 heavy (non-hydrogen) atoms. The lowest BCUT2D eigenvalue weighted by Gasteiger charge is -2.35. The number of carbonyl (C=O) groups excluding carboxylic acids is 1. The monoisotopic (exact) mass is 264 g/mol. The smallest absolute Gasteiger partial charge is 0.332 e. The Hall–Kier alpha value is -0.560. The average Bonchev–Trinajstić information content (AvgIpc) is 2.17. The zero-order chi connectivity index (χ0) is 11.6. The summed E-state index contributed by atoms with van der Waals surface area (Å²) in [5.41, 5.74) is 0. The van der Waals surface area contributed by atoms with E-state index < -0.39 is 24.3 Å². The van der Waals surface area contributed by atoms with E-state index in [2.05, 4.69) is 5.32 Å². The van der Waals surface area contributed by atoms with Gasteiger partial charge in [-0.3, -0.25) is 4.79 Å². The molecule has 0 aromatic rings. The maximum Gasteiger partial charge on any atom is 0.383 e. The van der Waals surface area contributed by atoms with Crippen molar-refractivity contribution >= 4 is 18.3 Å². The molecule has 8 heteroatoms. The average molecular weight is 265 g/mol. The highest BCUT2D eigenvalue weighted by Gasteiger charge is 2.52. The zero-order valence-corrected chi connectivity index (χ0v) is 9.37. The van der Waals surface area contributed by atoms with Crippen LogP contribution in [0.3, 0.4) is 0 Å². The van der Waals surface area contributed by atoms with E-state index in [1.165, 1.54) is 6.92 Å². The summed E-state index contributed by atoms with van der Waals surface area (Å²) in [5, 5.41) is 2.87. The molecule has 1 saturated heterocycles. The lowest BCUT2D eigenvalue weighted by Crippen LogP contribution is -2.58. The van der Waals surface area contributed by atoms with Crippen molar-refractivity contribution in [1.29, 1.82) is 0 Å². The SMILES string of the molecule is C[C@H]1CNCCN1C(=O)C(F)(F)C(F)F.Cl. The van der Waals surface area contributed by atoms with Crippen molar-refractivity contribution in [1.82, 2.24) is 10.2 Å². The molecule has 0 spiro atoms. The number of carbonyl (C=O) groups is 1. The van der Waals surface area contributed by atoms with Gasteiger partial charge in [0.25, 0.3) is 5.91 Å². The summed E-state index contributed by atoms with van der Waals surface area (Å²) in [6, 6.07) is -0.490. The van der Waals surface area contributed by atoms with Crippen molar-refractivity contribution in [2.45, 2.75) is 25.3 Å². The van der Waals surface area contributed by atoms with Crippen molar-refractivity contribution < 1.29 is 22.4 Å². The van der Waals surface area contributed by atoms with Crippen molar-refractivity contribution in [3.63, 3.8) is 0 Å². The highest BCUT2D eigenvalue weighted by molar-refractivity contribution is 5.85. The highest BCUT2D eigenvalue weighted by atomic mass is 35.5. The molecule has 1 aliphatic rings. The summed E-state index contributed by atoms with van der Waals surface area (Å²) in [7, 11) is 0. The summed E-state index contributed by atoms with van der Waals surface area (Å²) in [5.74, 6) is -6.36. The summed E-state index contributed by atoms with van der Waals surface area (Å²) in [6.45, 7) is 2.24. The fraction of sp³-hybridized carbons (Fsp3) is 0.875. The van der Waals surface area contributed by atoms with Crippen molar-refractivity contribution in [3.05, 3.63) is 0 Å². The number of amides is 1. The molecule has 0 aliphatic carbocycles. The Morgan fingerprint density at radius 1 is 1.50 bits per heavy atom. The van der Waals surface area contributed by atoms with Crippen LogP contribution in [0.5, 0.6) is 0 Å². The minimum atomic E-state index is -4.58. The van der Waals surface area contributed by atoms with Crippen molar-refractivity contribution in [2.75, 3.05) is 19.6 Å². The van der Waals surface area contributed by atoms with Gasteiger partial charge in [0.15, 0.2) is 0 Å². The second kappa shape index (κ2) is 5.67. The molecule has 1 fully saturated rings. The Bertz CT molecular complexity index is 252. The Balaban J connectivity index is 0.00000225. The second-order valence-electron chi connectivity index (χ2n) is 3.48. The number of nitrogens with zero attached hydrogens (tertiary/aromatic N) is 1. The topological polar surface area (TPSA) is 32.3 Å². The van der Waals surface area contributed by atoms with Crippen LogP contribution in [0.1, 0.15) is 6.92 Å². The Morgan fingerprint density at radius 3 is 2.50 bits per heavy atom. The largest absolute Gasteiger partial charge is 0.383 e. The molecule has 1 amide bonds. The summed E-state index contributed by atoms with van der Waals surface area (Å²) >= 11 is 0. The van der Waals surface area contributed by atoms with E-state index in [1.807, 2.05) is 0 Å². The number of nitrogens with one attached hydrogen (secondary N) is 1. The molecule has 96 valence electrons. The van der Waals surface area contributed by atoms with E-state index >= 15 is 0 Å². The van der Waals surface area contributed by atoms with Gasteiger partial charge in [-0.25, -0.2) is 8.78 Å². The Kier molecular flexibility index (Phi) is 5.48. The lowest BCUT2D eigenvalue weighted by atomic mass is 10.2. The maximum atomic E-state index is 12.7. The molecule has 0 aromatic carbocycles. The van der Waals surface area contributed by atoms with E-state index in [9.17, 15) is 22.4 Å². The maximum absolute atomic E-state index is 12.7. The fourth-order valence-corrected chi connectivity index (χ4v) is 1.43. The van der Waals surface area contributed by atoms with Gasteiger partial charge in [-0.05, 0) is 6.92 Å². The van der Waals surface area contributed by atoms with Crippen LogP contribution in [0.15, 0.2) is 0 Å². The van der Waals surface area contributed by atoms with Crippen LogP contribution in [-0.4, -0.2) is 48.8 Å². The van der Waals surface area contributed by atoms with Gasteiger partial charge in [-0.15, -0.1) is 12.4 Å². The second-order valence-corrected chi connectivity index (χ2v) is 3.48. The first-order valence-corrected chi connectivity index (χ1v) is 4.55. The number of hydrogen-bond donors (Lipinski definition) is 1. The van der Waals surface area contributed by atoms with E-state index in [0.717, 1.165) is 4.90 Å². The number of halogens is 5. The highest BCUT2D eigenvalue weighted by Crippen LogP contribution is 2.26. The zero-order valence-electron chi connectivity index (χ0n) is 8.55. The van der Waals surface area contributed by atoms with Gasteiger partial charge in [0.05, 0.1) is 0 Å². The molecule has 0 aromatic heterocycles. The first-order chi connectivity index (χ1) is 6.87. The van der Waals surface area contributed by atoms with E-state index in [4.69, 9.17) is 0 Å². The molecule has 3 nitrogen and oxygen atoms in total. The number of piperazine rings is 1. The van der Waals surface area contributed by atoms with E-state index in [-0.39, 0.29) is 19.0 Å². The Morgan fingerprint density at radius 2 is 2.06 bits per heavy atom. The third-order valence-electron chi connectivity index (χ3n) is 2.32. The predicted octanol–water partition coefficient (Wildman–Crippen LogP) is 1.13. The molecule has 1 aliphatic heterocycles. The van der Waals surface area contributed by atoms with Crippen molar-refractivity contribution in [3.8, 4) is 0 Å². The first kappa shape index (κ1) is 15.4. The van der Waals surface area contributed by atoms with Crippen LogP contribution in [-0.2, 0) is 4.79 Å². The van der Waals surface area contributed by atoms with Gasteiger partial charge >= 0.3 is 12.3 Å².